The second-order valence-corrected chi connectivity index (χ2v) is 5.59. The van der Waals surface area contributed by atoms with E-state index in [0.717, 1.165) is 0 Å². The van der Waals surface area contributed by atoms with Gasteiger partial charge in [-0.2, -0.15) is 13.2 Å². The molecular weight excluding hydrogens is 339 g/mol. The molecule has 0 aliphatic carbocycles. The van der Waals surface area contributed by atoms with Gasteiger partial charge in [-0.25, -0.2) is 0 Å². The number of alkyl halides is 3. The maximum absolute atomic E-state index is 12.8. The Morgan fingerprint density at radius 2 is 2.12 bits per heavy atom. The van der Waals surface area contributed by atoms with Crippen LogP contribution >= 0.6 is 0 Å². The number of phenolic OH excluding ortho intramolecular Hbond substituents is 1. The largest absolute Gasteiger partial charge is 0.508 e. The summed E-state index contributed by atoms with van der Waals surface area (Å²) < 4.78 is 42.8. The summed E-state index contributed by atoms with van der Waals surface area (Å²) in [7, 11) is 1.19. The molecule has 0 saturated carbocycles. The molecule has 1 aromatic rings. The fraction of sp³-hybridized carbons (Fsp3) is 0.412. The van der Waals surface area contributed by atoms with E-state index in [9.17, 15) is 27.9 Å². The molecule has 1 aliphatic heterocycles. The van der Waals surface area contributed by atoms with Crippen LogP contribution in [-0.4, -0.2) is 41.7 Å². The average Bonchev–Trinajstić information content (AvgIpc) is 2.64. The van der Waals surface area contributed by atoms with E-state index in [0.29, 0.717) is 16.0 Å². The number of carbonyl (C=O) groups is 2. The van der Waals surface area contributed by atoms with Gasteiger partial charge in [0.25, 0.3) is 0 Å². The Labute approximate surface area is 142 Å². The van der Waals surface area contributed by atoms with Crippen LogP contribution < -0.4 is 0 Å². The maximum Gasteiger partial charge on any atom is 0.406 e. The first-order valence-corrected chi connectivity index (χ1v) is 7.41. The van der Waals surface area contributed by atoms with Gasteiger partial charge in [-0.3, -0.25) is 9.59 Å². The predicted molar refractivity (Wildman–Crippen MR) is 81.2 cm³/mol. The number of methoxy groups -OCH3 is 1. The van der Waals surface area contributed by atoms with E-state index >= 15 is 0 Å². The van der Waals surface area contributed by atoms with Crippen molar-refractivity contribution >= 4 is 11.9 Å². The number of phenols is 1. The van der Waals surface area contributed by atoms with Crippen LogP contribution in [0.1, 0.15) is 17.5 Å². The lowest BCUT2D eigenvalue weighted by Gasteiger charge is -2.24. The molecule has 1 heterocycles. The number of ether oxygens (including phenoxy) is 1. The Hall–Kier alpha value is -2.69. The first-order chi connectivity index (χ1) is 11.7. The summed E-state index contributed by atoms with van der Waals surface area (Å²) in [5.74, 6) is 2.62. The number of halogens is 3. The number of esters is 1. The number of hydrogen-bond acceptors (Lipinski definition) is 4. The lowest BCUT2D eigenvalue weighted by Crippen LogP contribution is -2.40. The van der Waals surface area contributed by atoms with Crippen molar-refractivity contribution in [3.05, 3.63) is 29.3 Å². The zero-order valence-corrected chi connectivity index (χ0v) is 13.4. The summed E-state index contributed by atoms with van der Waals surface area (Å²) in [4.78, 5) is 24.2. The Morgan fingerprint density at radius 3 is 2.76 bits per heavy atom. The van der Waals surface area contributed by atoms with Gasteiger partial charge in [0, 0.05) is 6.54 Å². The first-order valence-electron chi connectivity index (χ1n) is 7.41. The highest BCUT2D eigenvalue weighted by Gasteiger charge is 2.37. The van der Waals surface area contributed by atoms with Gasteiger partial charge >= 0.3 is 12.1 Å². The number of aromatic hydroxyl groups is 1. The van der Waals surface area contributed by atoms with Gasteiger partial charge in [-0.15, -0.1) is 0 Å². The first kappa shape index (κ1) is 18.6. The number of benzene rings is 1. The lowest BCUT2D eigenvalue weighted by atomic mass is 9.97. The molecule has 1 aliphatic rings. The van der Waals surface area contributed by atoms with Crippen molar-refractivity contribution in [3.63, 3.8) is 0 Å². The zero-order valence-electron chi connectivity index (χ0n) is 13.4. The molecule has 1 atom stereocenters. The molecule has 8 heteroatoms. The highest BCUT2D eigenvalue weighted by molar-refractivity contribution is 5.83. The molecular formula is C17H16F3NO4. The Morgan fingerprint density at radius 1 is 1.40 bits per heavy atom. The van der Waals surface area contributed by atoms with Gasteiger partial charge in [-0.05, 0) is 29.7 Å². The third-order valence-corrected chi connectivity index (χ3v) is 3.69. The summed E-state index contributed by atoms with van der Waals surface area (Å²) in [5, 5.41) is 9.56. The number of amides is 1. The van der Waals surface area contributed by atoms with Crippen LogP contribution in [0.5, 0.6) is 5.75 Å². The minimum Gasteiger partial charge on any atom is -0.508 e. The number of fused-ring (bicyclic) bond motifs is 1. The van der Waals surface area contributed by atoms with E-state index < -0.39 is 30.5 Å². The topological polar surface area (TPSA) is 66.8 Å². The Kier molecular flexibility index (Phi) is 5.57. The van der Waals surface area contributed by atoms with E-state index in [4.69, 9.17) is 0 Å². The quantitative estimate of drug-likeness (QED) is 0.651. The molecule has 5 nitrogen and oxygen atoms in total. The molecule has 1 N–H and O–H groups in total. The van der Waals surface area contributed by atoms with Crippen molar-refractivity contribution in [1.82, 2.24) is 4.90 Å². The Balaban J connectivity index is 2.33. The van der Waals surface area contributed by atoms with Crippen LogP contribution in [-0.2, 0) is 27.3 Å². The normalized spacial score (nSPS) is 17.2. The van der Waals surface area contributed by atoms with Crippen molar-refractivity contribution in [2.24, 2.45) is 5.92 Å². The molecule has 1 amide bonds. The molecule has 0 aromatic heterocycles. The minimum atomic E-state index is -4.55. The van der Waals surface area contributed by atoms with E-state index in [1.54, 1.807) is 6.07 Å². The minimum absolute atomic E-state index is 0.0895. The molecule has 0 saturated heterocycles. The standard InChI is InChI=1S/C17H16F3NO4/c1-25-15(23)4-2-3-12-7-11-5-6-14(22)8-13(11)9-21(16(12)24)10-17(18,19)20/h5-6,8,12,22H,4,7,9-10H2,1H3. The van der Waals surface area contributed by atoms with Gasteiger partial charge in [0.1, 0.15) is 24.6 Å². The smallest absolute Gasteiger partial charge is 0.406 e. The molecule has 0 radical (unpaired) electrons. The van der Waals surface area contributed by atoms with E-state index in [1.165, 1.54) is 19.2 Å². The van der Waals surface area contributed by atoms with Gasteiger partial charge in [0.15, 0.2) is 0 Å². The van der Waals surface area contributed by atoms with Crippen molar-refractivity contribution in [2.45, 2.75) is 25.6 Å². The molecule has 1 aromatic carbocycles. The molecule has 0 fully saturated rings. The molecule has 0 spiro atoms. The predicted octanol–water partition coefficient (Wildman–Crippen LogP) is 2.02. The Bertz CT molecular complexity index is 734. The highest BCUT2D eigenvalue weighted by atomic mass is 19.4. The summed E-state index contributed by atoms with van der Waals surface area (Å²) in [6, 6.07) is 4.31. The van der Waals surface area contributed by atoms with Gasteiger partial charge < -0.3 is 14.7 Å². The second kappa shape index (κ2) is 7.47. The van der Waals surface area contributed by atoms with Crippen LogP contribution in [0.2, 0.25) is 0 Å². The highest BCUT2D eigenvalue weighted by Crippen LogP contribution is 2.28. The number of carbonyl (C=O) groups excluding carboxylic acids is 2. The van der Waals surface area contributed by atoms with Gasteiger partial charge in [0.05, 0.1) is 7.11 Å². The van der Waals surface area contributed by atoms with Crippen molar-refractivity contribution in [2.75, 3.05) is 13.7 Å². The van der Waals surface area contributed by atoms with Gasteiger partial charge in [-0.1, -0.05) is 17.9 Å². The molecule has 25 heavy (non-hydrogen) atoms. The fourth-order valence-electron chi connectivity index (χ4n) is 2.55. The maximum atomic E-state index is 12.8. The van der Waals surface area contributed by atoms with Crippen LogP contribution in [0.15, 0.2) is 18.2 Å². The summed E-state index contributed by atoms with van der Waals surface area (Å²) >= 11 is 0. The number of rotatable bonds is 2. The second-order valence-electron chi connectivity index (χ2n) is 5.59. The van der Waals surface area contributed by atoms with Crippen molar-refractivity contribution < 1.29 is 32.6 Å². The van der Waals surface area contributed by atoms with Crippen LogP contribution in [0.3, 0.4) is 0 Å². The molecule has 1 unspecified atom stereocenters. The SMILES string of the molecule is COC(=O)CC#CC1Cc2ccc(O)cc2CN(CC(F)(F)F)C1=O. The number of nitrogens with zero attached hydrogens (tertiary/aromatic N) is 1. The number of hydrogen-bond donors (Lipinski definition) is 1. The molecule has 0 bridgehead atoms. The van der Waals surface area contributed by atoms with Crippen molar-refractivity contribution in [1.29, 1.82) is 0 Å². The third-order valence-electron chi connectivity index (χ3n) is 3.69. The third kappa shape index (κ3) is 5.14. The van der Waals surface area contributed by atoms with Crippen LogP contribution in [0.25, 0.3) is 0 Å². The van der Waals surface area contributed by atoms with E-state index in [2.05, 4.69) is 16.6 Å². The van der Waals surface area contributed by atoms with E-state index in [-0.39, 0.29) is 25.1 Å². The lowest BCUT2D eigenvalue weighted by molar-refractivity contribution is -0.163. The summed E-state index contributed by atoms with van der Waals surface area (Å²) in [5.41, 5.74) is 1.07. The van der Waals surface area contributed by atoms with Crippen molar-refractivity contribution in [3.8, 4) is 17.6 Å². The monoisotopic (exact) mass is 355 g/mol. The van der Waals surface area contributed by atoms with Crippen LogP contribution in [0, 0.1) is 17.8 Å². The summed E-state index contributed by atoms with van der Waals surface area (Å²) in [6.45, 7) is -1.67. The molecule has 134 valence electrons. The van der Waals surface area contributed by atoms with E-state index in [1.807, 2.05) is 0 Å². The fourth-order valence-corrected chi connectivity index (χ4v) is 2.55. The van der Waals surface area contributed by atoms with Crippen LogP contribution in [0.4, 0.5) is 13.2 Å². The average molecular weight is 355 g/mol. The van der Waals surface area contributed by atoms with Gasteiger partial charge in [0.2, 0.25) is 5.91 Å². The summed E-state index contributed by atoms with van der Waals surface area (Å²) in [6.07, 6.45) is -4.69. The molecule has 2 rings (SSSR count). The zero-order chi connectivity index (χ0) is 18.6.